The molecular formula is C10H6BrN3. The quantitative estimate of drug-likeness (QED) is 0.842. The summed E-state index contributed by atoms with van der Waals surface area (Å²) in [6.45, 7) is 0. The predicted octanol–water partition coefficient (Wildman–Crippen LogP) is 2.67. The Kier molecular flexibility index (Phi) is 1.58. The SMILES string of the molecule is Brc1c(C2=CC=C2)[nH]c2nccnc12. The van der Waals surface area contributed by atoms with Crippen LogP contribution in [0.3, 0.4) is 0 Å². The second-order valence-corrected chi connectivity index (χ2v) is 3.84. The fourth-order valence-corrected chi connectivity index (χ4v) is 2.06. The number of nitrogens with zero attached hydrogens (tertiary/aromatic N) is 2. The maximum absolute atomic E-state index is 4.25. The molecule has 0 amide bonds. The van der Waals surface area contributed by atoms with Gasteiger partial charge in [-0.05, 0) is 21.5 Å². The molecule has 1 N–H and O–H groups in total. The van der Waals surface area contributed by atoms with Crippen LogP contribution in [0.2, 0.25) is 0 Å². The molecule has 3 rings (SSSR count). The molecule has 0 aliphatic heterocycles. The third-order valence-electron chi connectivity index (χ3n) is 2.21. The smallest absolute Gasteiger partial charge is 0.157 e. The standard InChI is InChI=1S/C10H6BrN3/c11-7-8(6-2-1-3-6)14-10-9(7)12-4-5-13-10/h1-5H,(H,13,14). The lowest BCUT2D eigenvalue weighted by Crippen LogP contribution is -1.86. The molecule has 4 heteroatoms. The summed E-state index contributed by atoms with van der Waals surface area (Å²) in [6, 6.07) is 0. The average molecular weight is 248 g/mol. The highest BCUT2D eigenvalue weighted by Crippen LogP contribution is 2.32. The molecule has 0 atom stereocenters. The van der Waals surface area contributed by atoms with Crippen LogP contribution in [0.5, 0.6) is 0 Å². The molecule has 68 valence electrons. The van der Waals surface area contributed by atoms with Gasteiger partial charge in [-0.25, -0.2) is 4.98 Å². The molecule has 0 bridgehead atoms. The summed E-state index contributed by atoms with van der Waals surface area (Å²) in [4.78, 5) is 11.7. The molecule has 2 aromatic rings. The highest BCUT2D eigenvalue weighted by Gasteiger charge is 2.14. The Hall–Kier alpha value is -1.42. The maximum atomic E-state index is 4.25. The summed E-state index contributed by atoms with van der Waals surface area (Å²) in [5.41, 5.74) is 3.92. The third-order valence-corrected chi connectivity index (χ3v) is 2.98. The van der Waals surface area contributed by atoms with E-state index in [0.717, 1.165) is 21.3 Å². The molecule has 0 saturated heterocycles. The van der Waals surface area contributed by atoms with Gasteiger partial charge in [0.25, 0.3) is 0 Å². The highest BCUT2D eigenvalue weighted by atomic mass is 79.9. The van der Waals surface area contributed by atoms with Gasteiger partial charge in [-0.15, -0.1) is 0 Å². The van der Waals surface area contributed by atoms with Crippen LogP contribution >= 0.6 is 15.9 Å². The number of rotatable bonds is 1. The van der Waals surface area contributed by atoms with Crippen molar-refractivity contribution in [3.05, 3.63) is 40.8 Å². The zero-order valence-corrected chi connectivity index (χ0v) is 8.75. The van der Waals surface area contributed by atoms with Crippen molar-refractivity contribution in [3.8, 4) is 0 Å². The van der Waals surface area contributed by atoms with Crippen molar-refractivity contribution in [1.82, 2.24) is 15.0 Å². The molecular weight excluding hydrogens is 242 g/mol. The second-order valence-electron chi connectivity index (χ2n) is 3.05. The van der Waals surface area contributed by atoms with Gasteiger partial charge in [0.1, 0.15) is 5.52 Å². The fourth-order valence-electron chi connectivity index (χ4n) is 1.44. The Labute approximate surface area is 88.7 Å². The number of hydrogen-bond donors (Lipinski definition) is 1. The number of halogens is 1. The second kappa shape index (κ2) is 2.78. The lowest BCUT2D eigenvalue weighted by atomic mass is 10.1. The Morgan fingerprint density at radius 1 is 1.21 bits per heavy atom. The Morgan fingerprint density at radius 2 is 2.00 bits per heavy atom. The average Bonchev–Trinajstić information content (AvgIpc) is 2.43. The summed E-state index contributed by atoms with van der Waals surface area (Å²) in [6.07, 6.45) is 9.48. The van der Waals surface area contributed by atoms with Crippen LogP contribution in [0.4, 0.5) is 0 Å². The van der Waals surface area contributed by atoms with Crippen LogP contribution < -0.4 is 0 Å². The van der Waals surface area contributed by atoms with E-state index in [1.54, 1.807) is 12.4 Å². The van der Waals surface area contributed by atoms with Crippen LogP contribution in [-0.2, 0) is 0 Å². The molecule has 14 heavy (non-hydrogen) atoms. The van der Waals surface area contributed by atoms with Crippen LogP contribution in [0, 0.1) is 0 Å². The van der Waals surface area contributed by atoms with Crippen molar-refractivity contribution < 1.29 is 0 Å². The molecule has 1 aliphatic carbocycles. The van der Waals surface area contributed by atoms with E-state index in [4.69, 9.17) is 0 Å². The van der Waals surface area contributed by atoms with Gasteiger partial charge in [0.2, 0.25) is 0 Å². The molecule has 0 saturated carbocycles. The van der Waals surface area contributed by atoms with Gasteiger partial charge in [0, 0.05) is 12.4 Å². The van der Waals surface area contributed by atoms with E-state index >= 15 is 0 Å². The zero-order valence-electron chi connectivity index (χ0n) is 7.16. The van der Waals surface area contributed by atoms with E-state index in [-0.39, 0.29) is 0 Å². The molecule has 0 unspecified atom stereocenters. The first-order chi connectivity index (χ1) is 6.86. The van der Waals surface area contributed by atoms with Crippen molar-refractivity contribution in [3.63, 3.8) is 0 Å². The molecule has 0 radical (unpaired) electrons. The predicted molar refractivity (Wildman–Crippen MR) is 58.7 cm³/mol. The molecule has 2 heterocycles. The summed E-state index contributed by atoms with van der Waals surface area (Å²) < 4.78 is 0.983. The van der Waals surface area contributed by atoms with Crippen molar-refractivity contribution >= 4 is 32.7 Å². The van der Waals surface area contributed by atoms with Crippen molar-refractivity contribution in [2.75, 3.05) is 0 Å². The van der Waals surface area contributed by atoms with Crippen LogP contribution in [0.15, 0.2) is 35.1 Å². The molecule has 0 spiro atoms. The fraction of sp³-hybridized carbons (Fsp3) is 0. The molecule has 1 aliphatic rings. The Balaban J connectivity index is 2.30. The van der Waals surface area contributed by atoms with Gasteiger partial charge in [0.15, 0.2) is 5.65 Å². The molecule has 0 aromatic carbocycles. The van der Waals surface area contributed by atoms with E-state index in [0.29, 0.717) is 0 Å². The summed E-state index contributed by atoms with van der Waals surface area (Å²) in [5.74, 6) is 0. The summed E-state index contributed by atoms with van der Waals surface area (Å²) in [7, 11) is 0. The first-order valence-corrected chi connectivity index (χ1v) is 5.02. The number of H-pyrrole nitrogens is 1. The number of hydrogen-bond acceptors (Lipinski definition) is 2. The highest BCUT2D eigenvalue weighted by molar-refractivity contribution is 9.10. The number of allylic oxidation sites excluding steroid dienone is 4. The minimum Gasteiger partial charge on any atom is -0.337 e. The largest absolute Gasteiger partial charge is 0.337 e. The Morgan fingerprint density at radius 3 is 2.64 bits per heavy atom. The number of aromatic amines is 1. The van der Waals surface area contributed by atoms with Crippen molar-refractivity contribution in [2.45, 2.75) is 0 Å². The van der Waals surface area contributed by atoms with E-state index in [1.165, 1.54) is 5.57 Å². The third kappa shape index (κ3) is 0.974. The van der Waals surface area contributed by atoms with Crippen molar-refractivity contribution in [1.29, 1.82) is 0 Å². The van der Waals surface area contributed by atoms with Gasteiger partial charge in [-0.3, -0.25) is 4.98 Å². The van der Waals surface area contributed by atoms with E-state index in [1.807, 2.05) is 6.08 Å². The number of fused-ring (bicyclic) bond motifs is 1. The van der Waals surface area contributed by atoms with Gasteiger partial charge in [-0.2, -0.15) is 0 Å². The topological polar surface area (TPSA) is 41.6 Å². The maximum Gasteiger partial charge on any atom is 0.157 e. The zero-order chi connectivity index (χ0) is 9.54. The molecule has 2 aromatic heterocycles. The number of aromatic nitrogens is 3. The van der Waals surface area contributed by atoms with E-state index in [2.05, 4.69) is 43.0 Å². The first kappa shape index (κ1) is 7.94. The van der Waals surface area contributed by atoms with Gasteiger partial charge in [-0.1, -0.05) is 18.2 Å². The monoisotopic (exact) mass is 247 g/mol. The van der Waals surface area contributed by atoms with E-state index < -0.39 is 0 Å². The minimum atomic E-state index is 0.815. The normalized spacial score (nSPS) is 14.2. The Bertz CT molecular complexity index is 566. The lowest BCUT2D eigenvalue weighted by Gasteiger charge is -2.04. The minimum absolute atomic E-state index is 0.815. The summed E-state index contributed by atoms with van der Waals surface area (Å²) >= 11 is 3.52. The number of nitrogens with one attached hydrogen (secondary N) is 1. The van der Waals surface area contributed by atoms with Gasteiger partial charge >= 0.3 is 0 Å². The van der Waals surface area contributed by atoms with Gasteiger partial charge < -0.3 is 4.98 Å². The van der Waals surface area contributed by atoms with Crippen molar-refractivity contribution in [2.24, 2.45) is 0 Å². The molecule has 3 nitrogen and oxygen atoms in total. The summed E-state index contributed by atoms with van der Waals surface area (Å²) in [5, 5.41) is 0. The van der Waals surface area contributed by atoms with Crippen LogP contribution in [0.25, 0.3) is 16.7 Å². The van der Waals surface area contributed by atoms with Crippen LogP contribution in [-0.4, -0.2) is 15.0 Å². The first-order valence-electron chi connectivity index (χ1n) is 4.23. The molecule has 0 fully saturated rings. The van der Waals surface area contributed by atoms with Gasteiger partial charge in [0.05, 0.1) is 10.2 Å². The van der Waals surface area contributed by atoms with E-state index in [9.17, 15) is 0 Å². The lowest BCUT2D eigenvalue weighted by molar-refractivity contribution is 1.25. The van der Waals surface area contributed by atoms with Crippen LogP contribution in [0.1, 0.15) is 5.69 Å².